The Hall–Kier alpha value is -1.62. The zero-order chi connectivity index (χ0) is 14.5. The number of anilines is 1. The lowest BCUT2D eigenvalue weighted by Gasteiger charge is -2.25. The number of nitrogens with zero attached hydrogens (tertiary/aromatic N) is 2. The molecule has 0 unspecified atom stereocenters. The third-order valence-corrected chi connectivity index (χ3v) is 2.53. The predicted octanol–water partition coefficient (Wildman–Crippen LogP) is 1.75. The molecule has 0 bridgehead atoms. The molecule has 1 aromatic rings. The van der Waals surface area contributed by atoms with Gasteiger partial charge >= 0.3 is 0 Å². The molecule has 0 aliphatic heterocycles. The molecule has 19 heavy (non-hydrogen) atoms. The highest BCUT2D eigenvalue weighted by molar-refractivity contribution is 5.93. The van der Waals surface area contributed by atoms with Crippen LogP contribution in [0.3, 0.4) is 0 Å². The Morgan fingerprint density at radius 2 is 2.21 bits per heavy atom. The van der Waals surface area contributed by atoms with E-state index in [1.807, 2.05) is 6.07 Å². The van der Waals surface area contributed by atoms with E-state index in [0.29, 0.717) is 5.69 Å². The van der Waals surface area contributed by atoms with Gasteiger partial charge in [-0.3, -0.25) is 9.78 Å². The van der Waals surface area contributed by atoms with Crippen LogP contribution >= 0.6 is 0 Å². The van der Waals surface area contributed by atoms with Crippen LogP contribution in [-0.4, -0.2) is 46.6 Å². The van der Waals surface area contributed by atoms with Gasteiger partial charge in [-0.1, -0.05) is 6.92 Å². The smallest absolute Gasteiger partial charge is 0.272 e. The topological polar surface area (TPSA) is 65.5 Å². The number of aromatic nitrogens is 1. The highest BCUT2D eigenvalue weighted by atomic mass is 16.3. The Labute approximate surface area is 114 Å². The van der Waals surface area contributed by atoms with Crippen LogP contribution in [0, 0.1) is 0 Å². The quantitative estimate of drug-likeness (QED) is 0.822. The van der Waals surface area contributed by atoms with Crippen molar-refractivity contribution in [3.8, 4) is 0 Å². The van der Waals surface area contributed by atoms with Crippen molar-refractivity contribution < 1.29 is 9.90 Å². The van der Waals surface area contributed by atoms with E-state index >= 15 is 0 Å². The van der Waals surface area contributed by atoms with Crippen LogP contribution in [0.15, 0.2) is 18.3 Å². The number of rotatable bonds is 6. The molecule has 2 N–H and O–H groups in total. The average Bonchev–Trinajstić information content (AvgIpc) is 2.33. The van der Waals surface area contributed by atoms with Gasteiger partial charge in [-0.25, -0.2) is 0 Å². The van der Waals surface area contributed by atoms with Crippen molar-refractivity contribution in [2.24, 2.45) is 0 Å². The molecule has 0 atom stereocenters. The summed E-state index contributed by atoms with van der Waals surface area (Å²) in [6, 6.07) is 3.57. The normalized spacial score (nSPS) is 11.2. The molecule has 1 heterocycles. The van der Waals surface area contributed by atoms with Crippen LogP contribution in [0.1, 0.15) is 37.7 Å². The standard InChI is InChI=1S/C14H23N3O2/c1-5-7-15-11-6-8-16-12(9-11)13(18)17(4)10-14(2,3)19/h6,8-9,19H,5,7,10H2,1-4H3,(H,15,16). The Bertz CT molecular complexity index is 427. The number of nitrogens with one attached hydrogen (secondary N) is 1. The van der Waals surface area contributed by atoms with Crippen LogP contribution in [0.2, 0.25) is 0 Å². The van der Waals surface area contributed by atoms with E-state index in [4.69, 9.17) is 0 Å². The van der Waals surface area contributed by atoms with E-state index in [1.165, 1.54) is 4.90 Å². The molecule has 106 valence electrons. The number of amides is 1. The van der Waals surface area contributed by atoms with E-state index in [9.17, 15) is 9.90 Å². The summed E-state index contributed by atoms with van der Waals surface area (Å²) >= 11 is 0. The van der Waals surface area contributed by atoms with Crippen molar-refractivity contribution in [1.82, 2.24) is 9.88 Å². The van der Waals surface area contributed by atoms with Gasteiger partial charge < -0.3 is 15.3 Å². The molecular weight excluding hydrogens is 242 g/mol. The van der Waals surface area contributed by atoms with Gasteiger partial charge in [-0.05, 0) is 32.4 Å². The average molecular weight is 265 g/mol. The van der Waals surface area contributed by atoms with Crippen molar-refractivity contribution in [3.05, 3.63) is 24.0 Å². The molecule has 5 heteroatoms. The molecule has 5 nitrogen and oxygen atoms in total. The largest absolute Gasteiger partial charge is 0.389 e. The number of carbonyl (C=O) groups is 1. The first-order chi connectivity index (χ1) is 8.83. The van der Waals surface area contributed by atoms with Crippen LogP contribution < -0.4 is 5.32 Å². The van der Waals surface area contributed by atoms with Gasteiger partial charge in [0.05, 0.1) is 5.60 Å². The van der Waals surface area contributed by atoms with Gasteiger partial charge in [-0.15, -0.1) is 0 Å². The number of hydrogen-bond donors (Lipinski definition) is 2. The molecule has 0 radical (unpaired) electrons. The first kappa shape index (κ1) is 15.4. The Morgan fingerprint density at radius 3 is 2.79 bits per heavy atom. The molecule has 1 aromatic heterocycles. The number of hydrogen-bond acceptors (Lipinski definition) is 4. The molecule has 1 rings (SSSR count). The van der Waals surface area contributed by atoms with Crippen molar-refractivity contribution in [2.45, 2.75) is 32.8 Å². The van der Waals surface area contributed by atoms with Crippen LogP contribution in [0.5, 0.6) is 0 Å². The molecule has 0 saturated carbocycles. The molecular formula is C14H23N3O2. The summed E-state index contributed by atoms with van der Waals surface area (Å²) in [6.45, 7) is 6.54. The minimum absolute atomic E-state index is 0.192. The van der Waals surface area contributed by atoms with Gasteiger partial charge in [-0.2, -0.15) is 0 Å². The summed E-state index contributed by atoms with van der Waals surface area (Å²) in [5.74, 6) is -0.192. The van der Waals surface area contributed by atoms with E-state index in [2.05, 4.69) is 17.2 Å². The highest BCUT2D eigenvalue weighted by Crippen LogP contribution is 2.11. The third kappa shape index (κ3) is 5.26. The minimum Gasteiger partial charge on any atom is -0.389 e. The predicted molar refractivity (Wildman–Crippen MR) is 76.3 cm³/mol. The fraction of sp³-hybridized carbons (Fsp3) is 0.571. The van der Waals surface area contributed by atoms with Crippen LogP contribution in [-0.2, 0) is 0 Å². The fourth-order valence-corrected chi connectivity index (χ4v) is 1.77. The second-order valence-corrected chi connectivity index (χ2v) is 5.33. The van der Waals surface area contributed by atoms with E-state index < -0.39 is 5.60 Å². The Balaban J connectivity index is 2.76. The highest BCUT2D eigenvalue weighted by Gasteiger charge is 2.21. The fourth-order valence-electron chi connectivity index (χ4n) is 1.77. The van der Waals surface area contributed by atoms with Crippen molar-refractivity contribution >= 4 is 11.6 Å². The van der Waals surface area contributed by atoms with E-state index in [0.717, 1.165) is 18.7 Å². The molecule has 0 aliphatic rings. The van der Waals surface area contributed by atoms with Gasteiger partial charge in [0.25, 0.3) is 5.91 Å². The molecule has 0 fully saturated rings. The van der Waals surface area contributed by atoms with Crippen LogP contribution in [0.4, 0.5) is 5.69 Å². The maximum Gasteiger partial charge on any atom is 0.272 e. The second-order valence-electron chi connectivity index (χ2n) is 5.33. The number of likely N-dealkylation sites (N-methyl/N-ethyl adjacent to an activating group) is 1. The SMILES string of the molecule is CCCNc1ccnc(C(=O)N(C)CC(C)(C)O)c1. The molecule has 0 saturated heterocycles. The van der Waals surface area contributed by atoms with E-state index in [-0.39, 0.29) is 12.5 Å². The second kappa shape index (κ2) is 6.52. The van der Waals surface area contributed by atoms with Crippen LogP contribution in [0.25, 0.3) is 0 Å². The maximum absolute atomic E-state index is 12.2. The van der Waals surface area contributed by atoms with Crippen molar-refractivity contribution in [1.29, 1.82) is 0 Å². The summed E-state index contributed by atoms with van der Waals surface area (Å²) in [4.78, 5) is 17.7. The molecule has 0 aromatic carbocycles. The lowest BCUT2D eigenvalue weighted by atomic mass is 10.1. The summed E-state index contributed by atoms with van der Waals surface area (Å²) in [7, 11) is 1.66. The Kier molecular flexibility index (Phi) is 5.30. The number of pyridine rings is 1. The zero-order valence-corrected chi connectivity index (χ0v) is 12.1. The summed E-state index contributed by atoms with van der Waals surface area (Å²) in [5.41, 5.74) is 0.354. The zero-order valence-electron chi connectivity index (χ0n) is 12.1. The van der Waals surface area contributed by atoms with E-state index in [1.54, 1.807) is 33.2 Å². The summed E-state index contributed by atoms with van der Waals surface area (Å²) in [5, 5.41) is 12.9. The van der Waals surface area contributed by atoms with Crippen molar-refractivity contribution in [3.63, 3.8) is 0 Å². The van der Waals surface area contributed by atoms with Gasteiger partial charge in [0.15, 0.2) is 0 Å². The molecule has 1 amide bonds. The first-order valence-corrected chi connectivity index (χ1v) is 6.51. The van der Waals surface area contributed by atoms with Gasteiger partial charge in [0.1, 0.15) is 5.69 Å². The summed E-state index contributed by atoms with van der Waals surface area (Å²) < 4.78 is 0. The van der Waals surface area contributed by atoms with Crippen molar-refractivity contribution in [2.75, 3.05) is 25.5 Å². The lowest BCUT2D eigenvalue weighted by molar-refractivity contribution is 0.0365. The Morgan fingerprint density at radius 1 is 1.53 bits per heavy atom. The summed E-state index contributed by atoms with van der Waals surface area (Å²) in [6.07, 6.45) is 2.63. The minimum atomic E-state index is -0.914. The number of carbonyl (C=O) groups excluding carboxylic acids is 1. The maximum atomic E-state index is 12.2. The number of aliphatic hydroxyl groups is 1. The van der Waals surface area contributed by atoms with Gasteiger partial charge in [0.2, 0.25) is 0 Å². The third-order valence-electron chi connectivity index (χ3n) is 2.53. The monoisotopic (exact) mass is 265 g/mol. The molecule has 0 aliphatic carbocycles. The molecule has 0 spiro atoms. The lowest BCUT2D eigenvalue weighted by Crippen LogP contribution is -2.40. The first-order valence-electron chi connectivity index (χ1n) is 6.51. The van der Waals surface area contributed by atoms with Gasteiger partial charge in [0, 0.05) is 32.0 Å².